The third-order valence-electron chi connectivity index (χ3n) is 2.56. The molecule has 116 valence electrons. The van der Waals surface area contributed by atoms with Crippen molar-refractivity contribution in [2.24, 2.45) is 0 Å². The molecule has 0 spiro atoms. The van der Waals surface area contributed by atoms with E-state index in [1.807, 2.05) is 18.2 Å². The second-order valence-corrected chi connectivity index (χ2v) is 16.1. The van der Waals surface area contributed by atoms with Crippen LogP contribution in [0.5, 0.6) is 0 Å². The van der Waals surface area contributed by atoms with Crippen LogP contribution in [0.3, 0.4) is 0 Å². The lowest BCUT2D eigenvalue weighted by atomic mass is 10.1. The molecule has 0 radical (unpaired) electrons. The van der Waals surface area contributed by atoms with Crippen LogP contribution in [0.1, 0.15) is 11.1 Å². The smallest absolute Gasteiger partial charge is 0.242 e. The summed E-state index contributed by atoms with van der Waals surface area (Å²) in [5.74, 6) is 1.56. The van der Waals surface area contributed by atoms with Gasteiger partial charge in [0, 0.05) is 11.6 Å². The fourth-order valence-corrected chi connectivity index (χ4v) is 3.58. The van der Waals surface area contributed by atoms with Crippen molar-refractivity contribution in [1.29, 1.82) is 0 Å². The zero-order valence-corrected chi connectivity index (χ0v) is 16.4. The van der Waals surface area contributed by atoms with Crippen molar-refractivity contribution in [3.05, 3.63) is 53.8 Å². The Labute approximate surface area is 131 Å². The minimum atomic E-state index is -1.71. The van der Waals surface area contributed by atoms with Gasteiger partial charge in [0.1, 0.15) is 5.76 Å². The van der Waals surface area contributed by atoms with Crippen molar-refractivity contribution >= 4 is 22.4 Å². The van der Waals surface area contributed by atoms with Gasteiger partial charge in [-0.3, -0.25) is 0 Å². The van der Waals surface area contributed by atoms with Gasteiger partial charge in [0.2, 0.25) is 16.6 Å². The van der Waals surface area contributed by atoms with Crippen molar-refractivity contribution in [1.82, 2.24) is 0 Å². The Morgan fingerprint density at radius 2 is 1.48 bits per heavy atom. The standard InChI is InChI=1S/C17H28O2Si2/c1-14-11-9-10-12-16(14)17(19-21(6,7)8)13-15(2)18-20(3,4)5/h9-13H,2H2,1,3-8H3/b17-13-. The Morgan fingerprint density at radius 3 is 1.95 bits per heavy atom. The van der Waals surface area contributed by atoms with Crippen LogP contribution in [-0.2, 0) is 8.85 Å². The molecule has 0 fully saturated rings. The van der Waals surface area contributed by atoms with Crippen LogP contribution >= 0.6 is 0 Å². The molecular weight excluding hydrogens is 292 g/mol. The Hall–Kier alpha value is -1.27. The van der Waals surface area contributed by atoms with Gasteiger partial charge < -0.3 is 8.85 Å². The van der Waals surface area contributed by atoms with E-state index in [-0.39, 0.29) is 0 Å². The lowest BCUT2D eigenvalue weighted by Gasteiger charge is -2.25. The summed E-state index contributed by atoms with van der Waals surface area (Å²) >= 11 is 0. The topological polar surface area (TPSA) is 18.5 Å². The van der Waals surface area contributed by atoms with Crippen molar-refractivity contribution in [2.75, 3.05) is 0 Å². The monoisotopic (exact) mass is 320 g/mol. The van der Waals surface area contributed by atoms with E-state index < -0.39 is 16.6 Å². The fraction of sp³-hybridized carbons (Fsp3) is 0.412. The third-order valence-corrected chi connectivity index (χ3v) is 4.26. The number of hydrogen-bond donors (Lipinski definition) is 0. The van der Waals surface area contributed by atoms with E-state index in [1.165, 1.54) is 5.56 Å². The maximum Gasteiger partial charge on any atom is 0.242 e. The Morgan fingerprint density at radius 1 is 0.952 bits per heavy atom. The van der Waals surface area contributed by atoms with Crippen molar-refractivity contribution in [3.8, 4) is 0 Å². The highest BCUT2D eigenvalue weighted by atomic mass is 28.4. The second kappa shape index (κ2) is 6.66. The Balaban J connectivity index is 3.15. The summed E-state index contributed by atoms with van der Waals surface area (Å²) in [4.78, 5) is 0. The molecule has 0 aliphatic heterocycles. The fourth-order valence-electron chi connectivity index (χ4n) is 1.91. The van der Waals surface area contributed by atoms with E-state index in [2.05, 4.69) is 64.9 Å². The van der Waals surface area contributed by atoms with E-state index in [0.29, 0.717) is 5.76 Å². The number of allylic oxidation sites excluding steroid dienone is 1. The summed E-state index contributed by atoms with van der Waals surface area (Å²) in [6.45, 7) is 19.1. The first-order valence-corrected chi connectivity index (χ1v) is 14.1. The molecule has 0 aliphatic rings. The van der Waals surface area contributed by atoms with Crippen LogP contribution in [0.25, 0.3) is 5.76 Å². The summed E-state index contributed by atoms with van der Waals surface area (Å²) in [5, 5.41) is 0. The first-order valence-electron chi connectivity index (χ1n) is 7.32. The quantitative estimate of drug-likeness (QED) is 0.388. The predicted octanol–water partition coefficient (Wildman–Crippen LogP) is 5.55. The first-order chi connectivity index (χ1) is 9.48. The van der Waals surface area contributed by atoms with Crippen LogP contribution in [0.15, 0.2) is 42.7 Å². The van der Waals surface area contributed by atoms with E-state index >= 15 is 0 Å². The SMILES string of the molecule is C=C(/C=C(\O[Si](C)(C)C)c1ccccc1C)O[Si](C)(C)C. The first kappa shape index (κ1) is 17.8. The van der Waals surface area contributed by atoms with Crippen LogP contribution < -0.4 is 0 Å². The molecule has 0 heterocycles. The molecule has 0 saturated carbocycles. The summed E-state index contributed by atoms with van der Waals surface area (Å²) < 4.78 is 12.2. The van der Waals surface area contributed by atoms with E-state index in [1.54, 1.807) is 0 Å². The van der Waals surface area contributed by atoms with Gasteiger partial charge in [-0.15, -0.1) is 0 Å². The molecule has 0 atom stereocenters. The average Bonchev–Trinajstić information content (AvgIpc) is 2.24. The number of rotatable bonds is 6. The summed E-state index contributed by atoms with van der Waals surface area (Å²) in [5.41, 5.74) is 2.31. The number of benzene rings is 1. The summed E-state index contributed by atoms with van der Waals surface area (Å²) in [6, 6.07) is 8.26. The molecule has 0 bridgehead atoms. The van der Waals surface area contributed by atoms with Gasteiger partial charge in [0.25, 0.3) is 0 Å². The van der Waals surface area contributed by atoms with Crippen molar-refractivity contribution < 1.29 is 8.85 Å². The molecule has 21 heavy (non-hydrogen) atoms. The van der Waals surface area contributed by atoms with Gasteiger partial charge in [-0.2, -0.15) is 0 Å². The van der Waals surface area contributed by atoms with E-state index in [9.17, 15) is 0 Å². The molecule has 4 heteroatoms. The normalized spacial score (nSPS) is 13.0. The van der Waals surface area contributed by atoms with Crippen LogP contribution in [0.4, 0.5) is 0 Å². The highest BCUT2D eigenvalue weighted by Crippen LogP contribution is 2.26. The van der Waals surface area contributed by atoms with Crippen LogP contribution in [0.2, 0.25) is 39.3 Å². The van der Waals surface area contributed by atoms with Gasteiger partial charge >= 0.3 is 0 Å². The Kier molecular flexibility index (Phi) is 5.64. The lowest BCUT2D eigenvalue weighted by molar-refractivity contribution is 0.439. The van der Waals surface area contributed by atoms with Crippen LogP contribution in [-0.4, -0.2) is 16.6 Å². The Bertz CT molecular complexity index is 534. The molecule has 0 saturated heterocycles. The minimum absolute atomic E-state index is 0.686. The average molecular weight is 321 g/mol. The second-order valence-electron chi connectivity index (χ2n) is 7.22. The van der Waals surface area contributed by atoms with Gasteiger partial charge in [0.15, 0.2) is 0 Å². The van der Waals surface area contributed by atoms with Gasteiger partial charge in [-0.1, -0.05) is 30.8 Å². The molecule has 0 unspecified atom stereocenters. The van der Waals surface area contributed by atoms with Crippen LogP contribution in [0, 0.1) is 6.92 Å². The molecule has 0 aromatic heterocycles. The molecule has 1 aromatic carbocycles. The summed E-state index contributed by atoms with van der Waals surface area (Å²) in [7, 11) is -3.35. The lowest BCUT2D eigenvalue weighted by Crippen LogP contribution is -2.26. The molecule has 1 rings (SSSR count). The molecule has 2 nitrogen and oxygen atoms in total. The summed E-state index contributed by atoms with van der Waals surface area (Å²) in [6.07, 6.45) is 1.94. The molecule has 1 aromatic rings. The highest BCUT2D eigenvalue weighted by Gasteiger charge is 2.21. The number of aryl methyl sites for hydroxylation is 1. The van der Waals surface area contributed by atoms with Crippen molar-refractivity contribution in [3.63, 3.8) is 0 Å². The van der Waals surface area contributed by atoms with E-state index in [4.69, 9.17) is 8.85 Å². The third kappa shape index (κ3) is 6.82. The maximum absolute atomic E-state index is 6.26. The van der Waals surface area contributed by atoms with Gasteiger partial charge in [-0.05, 0) is 51.8 Å². The highest BCUT2D eigenvalue weighted by molar-refractivity contribution is 6.70. The zero-order valence-electron chi connectivity index (χ0n) is 14.4. The maximum atomic E-state index is 6.26. The molecular formula is C17H28O2Si2. The molecule has 0 N–H and O–H groups in total. The minimum Gasteiger partial charge on any atom is -0.545 e. The largest absolute Gasteiger partial charge is 0.545 e. The van der Waals surface area contributed by atoms with Gasteiger partial charge in [-0.25, -0.2) is 0 Å². The molecule has 0 aliphatic carbocycles. The molecule has 0 amide bonds. The van der Waals surface area contributed by atoms with Crippen molar-refractivity contribution in [2.45, 2.75) is 46.2 Å². The van der Waals surface area contributed by atoms with E-state index in [0.717, 1.165) is 11.3 Å². The predicted molar refractivity (Wildman–Crippen MR) is 97.2 cm³/mol. The zero-order chi connectivity index (χ0) is 16.3. The van der Waals surface area contributed by atoms with Gasteiger partial charge in [0.05, 0.1) is 5.76 Å². The number of hydrogen-bond acceptors (Lipinski definition) is 2.